The standard InChI is InChI=1S/C12H10N2O5S2/c15-7-6-13-11(16)9(21-12(13)20)3-1-2-8-4-5-10(19-8)14(17)18/h1-5,15H,6-7H2/b2-1+,9-3-. The van der Waals surface area contributed by atoms with Crippen LogP contribution in [-0.2, 0) is 4.79 Å². The number of furan rings is 1. The molecule has 1 aromatic rings. The molecule has 1 N–H and O–H groups in total. The Morgan fingerprint density at radius 1 is 1.52 bits per heavy atom. The van der Waals surface area contributed by atoms with Crippen LogP contribution in [0.4, 0.5) is 5.88 Å². The molecule has 0 radical (unpaired) electrons. The molecule has 7 nitrogen and oxygen atoms in total. The first kappa shape index (κ1) is 15.4. The van der Waals surface area contributed by atoms with Crippen molar-refractivity contribution >= 4 is 46.2 Å². The zero-order chi connectivity index (χ0) is 15.4. The Morgan fingerprint density at radius 2 is 2.29 bits per heavy atom. The van der Waals surface area contributed by atoms with E-state index in [0.29, 0.717) is 15.0 Å². The van der Waals surface area contributed by atoms with E-state index in [9.17, 15) is 14.9 Å². The largest absolute Gasteiger partial charge is 0.433 e. The lowest BCUT2D eigenvalue weighted by molar-refractivity contribution is -0.402. The second-order valence-electron chi connectivity index (χ2n) is 3.87. The van der Waals surface area contributed by atoms with E-state index < -0.39 is 4.92 Å². The lowest BCUT2D eigenvalue weighted by Crippen LogP contribution is -2.30. The first-order valence-electron chi connectivity index (χ1n) is 5.80. The number of thiocarbonyl (C=S) groups is 1. The monoisotopic (exact) mass is 326 g/mol. The van der Waals surface area contributed by atoms with E-state index in [-0.39, 0.29) is 24.9 Å². The Kier molecular flexibility index (Phi) is 4.89. The molecule has 110 valence electrons. The molecule has 0 saturated carbocycles. The highest BCUT2D eigenvalue weighted by Gasteiger charge is 2.30. The van der Waals surface area contributed by atoms with Gasteiger partial charge in [-0.2, -0.15) is 0 Å². The molecule has 1 aliphatic rings. The third-order valence-corrected chi connectivity index (χ3v) is 3.89. The number of amides is 1. The molecule has 0 unspecified atom stereocenters. The van der Waals surface area contributed by atoms with Crippen molar-refractivity contribution < 1.29 is 19.2 Å². The Balaban J connectivity index is 2.07. The molecule has 1 aromatic heterocycles. The van der Waals surface area contributed by atoms with Crippen LogP contribution in [0.3, 0.4) is 0 Å². The highest BCUT2D eigenvalue weighted by Crippen LogP contribution is 2.30. The Morgan fingerprint density at radius 3 is 2.90 bits per heavy atom. The minimum atomic E-state index is -0.628. The van der Waals surface area contributed by atoms with Gasteiger partial charge >= 0.3 is 5.88 Å². The fraction of sp³-hybridized carbons (Fsp3) is 0.167. The number of carbonyl (C=O) groups excluding carboxylic acids is 1. The molecular formula is C12H10N2O5S2. The van der Waals surface area contributed by atoms with Gasteiger partial charge in [0.05, 0.1) is 24.1 Å². The van der Waals surface area contributed by atoms with E-state index in [4.69, 9.17) is 21.7 Å². The number of nitro groups is 1. The molecule has 0 aromatic carbocycles. The molecule has 21 heavy (non-hydrogen) atoms. The molecule has 1 saturated heterocycles. The number of aliphatic hydroxyl groups is 1. The summed E-state index contributed by atoms with van der Waals surface area (Å²) in [5.74, 6) is -0.304. The average Bonchev–Trinajstić information content (AvgIpc) is 3.00. The number of aliphatic hydroxyl groups excluding tert-OH is 1. The highest BCUT2D eigenvalue weighted by molar-refractivity contribution is 8.26. The number of nitrogens with zero attached hydrogens (tertiary/aromatic N) is 2. The van der Waals surface area contributed by atoms with E-state index >= 15 is 0 Å². The van der Waals surface area contributed by atoms with Gasteiger partial charge < -0.3 is 9.52 Å². The van der Waals surface area contributed by atoms with E-state index in [2.05, 4.69) is 0 Å². The van der Waals surface area contributed by atoms with Crippen molar-refractivity contribution in [3.05, 3.63) is 45.1 Å². The van der Waals surface area contributed by atoms with Gasteiger partial charge in [0.25, 0.3) is 5.91 Å². The van der Waals surface area contributed by atoms with Gasteiger partial charge in [-0.25, -0.2) is 0 Å². The SMILES string of the molecule is O=C1/C(=C/C=C/c2ccc([N+](=O)[O-])o2)SC(=S)N1CCO. The first-order chi connectivity index (χ1) is 10.0. The molecule has 9 heteroatoms. The van der Waals surface area contributed by atoms with Gasteiger partial charge in [-0.05, 0) is 18.2 Å². The zero-order valence-electron chi connectivity index (χ0n) is 10.6. The lowest BCUT2D eigenvalue weighted by Gasteiger charge is -2.11. The normalized spacial score (nSPS) is 17.4. The van der Waals surface area contributed by atoms with Crippen molar-refractivity contribution in [3.63, 3.8) is 0 Å². The lowest BCUT2D eigenvalue weighted by atomic mass is 10.3. The predicted molar refractivity (Wildman–Crippen MR) is 81.5 cm³/mol. The highest BCUT2D eigenvalue weighted by atomic mass is 32.2. The first-order valence-corrected chi connectivity index (χ1v) is 7.02. The van der Waals surface area contributed by atoms with Crippen LogP contribution in [0.5, 0.6) is 0 Å². The number of β-amino-alcohol motifs (C(OH)–C–C–N with tert-alkyl or cyclic N) is 1. The minimum absolute atomic E-state index is 0.161. The van der Waals surface area contributed by atoms with Crippen LogP contribution < -0.4 is 0 Å². The maximum absolute atomic E-state index is 11.9. The summed E-state index contributed by atoms with van der Waals surface area (Å²) in [6, 6.07) is 2.71. The van der Waals surface area contributed by atoms with Gasteiger partial charge in [-0.15, -0.1) is 0 Å². The summed E-state index contributed by atoms with van der Waals surface area (Å²) >= 11 is 6.17. The number of thioether (sulfide) groups is 1. The Bertz CT molecular complexity index is 650. The van der Waals surface area contributed by atoms with Gasteiger partial charge in [-0.3, -0.25) is 19.8 Å². The van der Waals surface area contributed by atoms with Crippen molar-refractivity contribution in [1.29, 1.82) is 0 Å². The molecule has 0 atom stereocenters. The van der Waals surface area contributed by atoms with Crippen LogP contribution in [0.2, 0.25) is 0 Å². The van der Waals surface area contributed by atoms with Crippen molar-refractivity contribution in [1.82, 2.24) is 4.90 Å². The van der Waals surface area contributed by atoms with Crippen LogP contribution >= 0.6 is 24.0 Å². The van der Waals surface area contributed by atoms with Crippen LogP contribution in [0.25, 0.3) is 6.08 Å². The molecule has 1 aliphatic heterocycles. The summed E-state index contributed by atoms with van der Waals surface area (Å²) in [4.78, 5) is 23.5. The van der Waals surface area contributed by atoms with E-state index in [0.717, 1.165) is 11.8 Å². The Labute approximate surface area is 129 Å². The number of rotatable bonds is 5. The summed E-state index contributed by atoms with van der Waals surface area (Å²) in [7, 11) is 0. The van der Waals surface area contributed by atoms with Crippen molar-refractivity contribution in [2.24, 2.45) is 0 Å². The van der Waals surface area contributed by atoms with Crippen molar-refractivity contribution in [3.8, 4) is 0 Å². The van der Waals surface area contributed by atoms with Crippen LogP contribution in [0.1, 0.15) is 5.76 Å². The van der Waals surface area contributed by atoms with Crippen LogP contribution in [0, 0.1) is 10.1 Å². The molecule has 2 rings (SSSR count). The third-order valence-electron chi connectivity index (χ3n) is 2.50. The number of carbonyl (C=O) groups is 1. The van der Waals surface area contributed by atoms with Gasteiger partial charge in [0.1, 0.15) is 15.0 Å². The fourth-order valence-electron chi connectivity index (χ4n) is 1.57. The average molecular weight is 326 g/mol. The summed E-state index contributed by atoms with van der Waals surface area (Å²) < 4.78 is 5.33. The van der Waals surface area contributed by atoms with Crippen LogP contribution in [-0.4, -0.2) is 38.3 Å². The smallest absolute Gasteiger partial charge is 0.401 e. The second-order valence-corrected chi connectivity index (χ2v) is 5.55. The summed E-state index contributed by atoms with van der Waals surface area (Å²) in [6.07, 6.45) is 4.60. The van der Waals surface area contributed by atoms with E-state index in [1.807, 2.05) is 0 Å². The molecule has 1 amide bonds. The third kappa shape index (κ3) is 3.57. The number of hydrogen-bond acceptors (Lipinski definition) is 7. The topological polar surface area (TPSA) is 96.8 Å². The van der Waals surface area contributed by atoms with Crippen molar-refractivity contribution in [2.45, 2.75) is 0 Å². The zero-order valence-corrected chi connectivity index (χ0v) is 12.2. The fourth-order valence-corrected chi connectivity index (χ4v) is 2.83. The minimum Gasteiger partial charge on any atom is -0.401 e. The van der Waals surface area contributed by atoms with Crippen molar-refractivity contribution in [2.75, 3.05) is 13.2 Å². The summed E-state index contributed by atoms with van der Waals surface area (Å²) in [5.41, 5.74) is 0. The van der Waals surface area contributed by atoms with E-state index in [1.54, 1.807) is 12.2 Å². The van der Waals surface area contributed by atoms with E-state index in [1.165, 1.54) is 23.1 Å². The quantitative estimate of drug-likeness (QED) is 0.382. The molecule has 2 heterocycles. The molecular weight excluding hydrogens is 316 g/mol. The van der Waals surface area contributed by atoms with Gasteiger partial charge in [0.15, 0.2) is 0 Å². The second kappa shape index (κ2) is 6.66. The molecule has 0 spiro atoms. The number of allylic oxidation sites excluding steroid dienone is 2. The van der Waals surface area contributed by atoms with Gasteiger partial charge in [-0.1, -0.05) is 30.1 Å². The maximum Gasteiger partial charge on any atom is 0.433 e. The summed E-state index contributed by atoms with van der Waals surface area (Å²) in [5, 5.41) is 19.3. The molecule has 0 bridgehead atoms. The maximum atomic E-state index is 11.9. The van der Waals surface area contributed by atoms with Crippen LogP contribution in [0.15, 0.2) is 33.6 Å². The predicted octanol–water partition coefficient (Wildman–Crippen LogP) is 1.94. The number of hydrogen-bond donors (Lipinski definition) is 1. The molecule has 0 aliphatic carbocycles. The summed E-state index contributed by atoms with van der Waals surface area (Å²) in [6.45, 7) is 0.00171. The van der Waals surface area contributed by atoms with Gasteiger partial charge in [0.2, 0.25) is 0 Å². The Hall–Kier alpha value is -1.97. The molecule has 1 fully saturated rings. The van der Waals surface area contributed by atoms with Gasteiger partial charge in [0, 0.05) is 0 Å².